The molecule has 1 rings (SSSR count). The molecule has 0 amide bonds. The molecule has 0 aliphatic carbocycles. The molecule has 0 heterocycles. The van der Waals surface area contributed by atoms with Gasteiger partial charge in [-0.15, -0.1) is 0 Å². The van der Waals surface area contributed by atoms with Gasteiger partial charge in [0.1, 0.15) is 17.2 Å². The average molecular weight is 757 g/mol. The van der Waals surface area contributed by atoms with Crippen LogP contribution in [0.2, 0.25) is 0 Å². The Bertz CT molecular complexity index is 941. The van der Waals surface area contributed by atoms with Crippen molar-refractivity contribution in [2.45, 2.75) is 233 Å². The molecule has 0 aromatic heterocycles. The lowest BCUT2D eigenvalue weighted by Gasteiger charge is -2.17. The van der Waals surface area contributed by atoms with Gasteiger partial charge < -0.3 is 18.9 Å². The van der Waals surface area contributed by atoms with Crippen molar-refractivity contribution < 1.29 is 23.7 Å². The van der Waals surface area contributed by atoms with E-state index in [1.165, 1.54) is 179 Å². The van der Waals surface area contributed by atoms with Crippen molar-refractivity contribution >= 4 is 12.0 Å². The van der Waals surface area contributed by atoms with Crippen molar-refractivity contribution in [1.29, 1.82) is 0 Å². The molecule has 0 saturated heterocycles. The maximum Gasteiger partial charge on any atom is 0.330 e. The first-order chi connectivity index (χ1) is 26.7. The molecule has 54 heavy (non-hydrogen) atoms. The van der Waals surface area contributed by atoms with Crippen LogP contribution in [0, 0.1) is 0 Å². The van der Waals surface area contributed by atoms with Gasteiger partial charge in [0, 0.05) is 18.2 Å². The topological polar surface area (TPSA) is 54.0 Å². The number of hydrogen-bond acceptors (Lipinski definition) is 5. The highest BCUT2D eigenvalue weighted by Crippen LogP contribution is 2.36. The Hall–Kier alpha value is -2.17. The predicted octanol–water partition coefficient (Wildman–Crippen LogP) is 15.9. The Labute approximate surface area is 335 Å². The van der Waals surface area contributed by atoms with E-state index in [-0.39, 0.29) is 5.97 Å². The second-order valence-corrected chi connectivity index (χ2v) is 15.8. The van der Waals surface area contributed by atoms with E-state index in [1.54, 1.807) is 0 Å². The van der Waals surface area contributed by atoms with Crippen molar-refractivity contribution in [3.05, 3.63) is 23.8 Å². The van der Waals surface area contributed by atoms with Gasteiger partial charge in [-0.25, -0.2) is 4.79 Å². The number of carbonyl (C=O) groups is 1. The summed E-state index contributed by atoms with van der Waals surface area (Å²) in [5.74, 6) is 1.90. The van der Waals surface area contributed by atoms with Gasteiger partial charge in [0.15, 0.2) is 0 Å². The summed E-state index contributed by atoms with van der Waals surface area (Å²) >= 11 is 0. The lowest BCUT2D eigenvalue weighted by Crippen LogP contribution is -2.06. The monoisotopic (exact) mass is 757 g/mol. The van der Waals surface area contributed by atoms with Crippen LogP contribution in [0.25, 0.3) is 6.08 Å². The van der Waals surface area contributed by atoms with E-state index in [1.807, 2.05) is 18.2 Å². The van der Waals surface area contributed by atoms with Gasteiger partial charge in [-0.05, 0) is 31.8 Å². The number of rotatable bonds is 41. The minimum Gasteiger partial charge on any atom is -0.493 e. The lowest BCUT2D eigenvalue weighted by molar-refractivity contribution is -0.137. The molecule has 1 aromatic rings. The zero-order valence-electron chi connectivity index (χ0n) is 36.3. The Morgan fingerprint density at radius 3 is 1.07 bits per heavy atom. The second kappa shape index (κ2) is 39.1. The summed E-state index contributed by atoms with van der Waals surface area (Å²) in [6, 6.07) is 4.00. The normalized spacial score (nSPS) is 11.4. The number of benzene rings is 1. The Morgan fingerprint density at radius 1 is 0.407 bits per heavy atom. The van der Waals surface area contributed by atoms with E-state index < -0.39 is 0 Å². The molecule has 0 aliphatic heterocycles. The molecule has 0 bridgehead atoms. The molecule has 314 valence electrons. The summed E-state index contributed by atoms with van der Waals surface area (Å²) in [6.07, 6.45) is 44.0. The van der Waals surface area contributed by atoms with Gasteiger partial charge in [0.05, 0.1) is 32.0 Å². The summed E-state index contributed by atoms with van der Waals surface area (Å²) in [5.41, 5.74) is 0.799. The SMILES string of the molecule is CCCCCCCCCCCCOc1cc(OCCCCCCCCCCCC)c(C=CC(=O)OCCCC)c(OCCCCCCCCCCCC)c1. The van der Waals surface area contributed by atoms with Crippen molar-refractivity contribution in [2.24, 2.45) is 0 Å². The molecule has 0 fully saturated rings. The van der Waals surface area contributed by atoms with Crippen molar-refractivity contribution in [2.75, 3.05) is 26.4 Å². The Morgan fingerprint density at radius 2 is 0.722 bits per heavy atom. The summed E-state index contributed by atoms with van der Waals surface area (Å²) in [6.45, 7) is 11.3. The minimum absolute atomic E-state index is 0.328. The number of ether oxygens (including phenoxy) is 4. The molecule has 0 atom stereocenters. The first-order valence-electron chi connectivity index (χ1n) is 23.6. The zero-order valence-corrected chi connectivity index (χ0v) is 36.3. The summed E-state index contributed by atoms with van der Waals surface area (Å²) in [7, 11) is 0. The van der Waals surface area contributed by atoms with Crippen LogP contribution in [0.4, 0.5) is 0 Å². The summed E-state index contributed by atoms with van der Waals surface area (Å²) < 4.78 is 24.7. The minimum atomic E-state index is -0.328. The fraction of sp³-hybridized carbons (Fsp3) is 0.816. The third-order valence-corrected chi connectivity index (χ3v) is 10.5. The largest absolute Gasteiger partial charge is 0.493 e. The van der Waals surface area contributed by atoms with Crippen LogP contribution < -0.4 is 14.2 Å². The van der Waals surface area contributed by atoms with E-state index in [0.29, 0.717) is 26.4 Å². The molecule has 0 spiro atoms. The molecule has 0 radical (unpaired) electrons. The van der Waals surface area contributed by atoms with E-state index in [2.05, 4.69) is 27.7 Å². The number of hydrogen-bond donors (Lipinski definition) is 0. The van der Waals surface area contributed by atoms with Gasteiger partial charge in [0.25, 0.3) is 0 Å². The van der Waals surface area contributed by atoms with E-state index >= 15 is 0 Å². The van der Waals surface area contributed by atoms with Gasteiger partial charge in [-0.3, -0.25) is 0 Å². The van der Waals surface area contributed by atoms with Crippen LogP contribution in [0.3, 0.4) is 0 Å². The van der Waals surface area contributed by atoms with Crippen molar-refractivity contribution in [1.82, 2.24) is 0 Å². The molecule has 1 aromatic carbocycles. The first-order valence-corrected chi connectivity index (χ1v) is 23.6. The Kier molecular flexibility index (Phi) is 36.1. The third-order valence-electron chi connectivity index (χ3n) is 10.5. The van der Waals surface area contributed by atoms with Crippen molar-refractivity contribution in [3.8, 4) is 17.2 Å². The Balaban J connectivity index is 2.85. The van der Waals surface area contributed by atoms with Crippen LogP contribution in [0.15, 0.2) is 18.2 Å². The molecule has 5 nitrogen and oxygen atoms in total. The molecular weight excluding hydrogens is 669 g/mol. The molecule has 0 aliphatic rings. The van der Waals surface area contributed by atoms with Crippen molar-refractivity contribution in [3.63, 3.8) is 0 Å². The predicted molar refractivity (Wildman–Crippen MR) is 233 cm³/mol. The van der Waals surface area contributed by atoms with Crippen LogP contribution in [-0.4, -0.2) is 32.4 Å². The smallest absolute Gasteiger partial charge is 0.330 e. The highest BCUT2D eigenvalue weighted by molar-refractivity contribution is 5.88. The van der Waals surface area contributed by atoms with Crippen LogP contribution >= 0.6 is 0 Å². The van der Waals surface area contributed by atoms with Gasteiger partial charge in [0.2, 0.25) is 0 Å². The molecule has 0 saturated carbocycles. The van der Waals surface area contributed by atoms with E-state index in [0.717, 1.165) is 54.9 Å². The maximum atomic E-state index is 12.6. The second-order valence-electron chi connectivity index (χ2n) is 15.8. The number of carbonyl (C=O) groups excluding carboxylic acids is 1. The highest BCUT2D eigenvalue weighted by atomic mass is 16.5. The summed E-state index contributed by atoms with van der Waals surface area (Å²) in [4.78, 5) is 12.6. The molecule has 0 N–H and O–H groups in total. The molecule has 0 unspecified atom stereocenters. The zero-order chi connectivity index (χ0) is 39.0. The summed E-state index contributed by atoms with van der Waals surface area (Å²) in [5, 5.41) is 0. The highest BCUT2D eigenvalue weighted by Gasteiger charge is 2.14. The van der Waals surface area contributed by atoms with E-state index in [9.17, 15) is 4.79 Å². The van der Waals surface area contributed by atoms with Crippen LogP contribution in [0.5, 0.6) is 17.2 Å². The van der Waals surface area contributed by atoms with Crippen LogP contribution in [0.1, 0.15) is 239 Å². The first kappa shape index (κ1) is 49.8. The standard InChI is InChI=1S/C49H88O5/c1-5-9-13-16-19-22-25-28-31-34-40-51-45-43-47(52-41-35-32-29-26-23-20-17-14-10-6-2)46(37-38-49(50)54-39-12-8-4)48(44-45)53-42-36-33-30-27-24-21-18-15-11-7-3/h37-38,43-44H,5-36,39-42H2,1-4H3. The fourth-order valence-corrected chi connectivity index (χ4v) is 6.90. The molecular formula is C49H88O5. The van der Waals surface area contributed by atoms with Gasteiger partial charge >= 0.3 is 5.97 Å². The average Bonchev–Trinajstić information content (AvgIpc) is 3.17. The fourth-order valence-electron chi connectivity index (χ4n) is 6.90. The van der Waals surface area contributed by atoms with Gasteiger partial charge in [-0.2, -0.15) is 0 Å². The lowest BCUT2D eigenvalue weighted by atomic mass is 10.1. The quantitative estimate of drug-likeness (QED) is 0.0378. The van der Waals surface area contributed by atoms with Crippen LogP contribution in [-0.2, 0) is 9.53 Å². The van der Waals surface area contributed by atoms with Gasteiger partial charge in [-0.1, -0.05) is 207 Å². The molecule has 5 heteroatoms. The third kappa shape index (κ3) is 30.1. The number of esters is 1. The maximum absolute atomic E-state index is 12.6. The number of unbranched alkanes of at least 4 members (excludes halogenated alkanes) is 28. The van der Waals surface area contributed by atoms with E-state index in [4.69, 9.17) is 18.9 Å².